The molecular formula is C55H33N5O. The monoisotopic (exact) mass is 779 g/mol. The van der Waals surface area contributed by atoms with Crippen molar-refractivity contribution >= 4 is 76.3 Å². The molecule has 4 heterocycles. The first kappa shape index (κ1) is 33.6. The molecule has 0 aliphatic heterocycles. The van der Waals surface area contributed by atoms with Crippen molar-refractivity contribution < 1.29 is 4.42 Å². The van der Waals surface area contributed by atoms with Crippen molar-refractivity contribution in [2.24, 2.45) is 0 Å². The van der Waals surface area contributed by atoms with E-state index in [2.05, 4.69) is 179 Å². The van der Waals surface area contributed by atoms with E-state index in [0.717, 1.165) is 82.8 Å². The molecule has 284 valence electrons. The lowest BCUT2D eigenvalue weighted by atomic mass is 10.0. The molecule has 6 nitrogen and oxygen atoms in total. The molecule has 0 fully saturated rings. The molecule has 0 aliphatic rings. The lowest BCUT2D eigenvalue weighted by Crippen LogP contribution is -2.04. The Bertz CT molecular complexity index is 3880. The molecular weight excluding hydrogens is 747 g/mol. The molecule has 13 rings (SSSR count). The molecule has 0 atom stereocenters. The summed E-state index contributed by atoms with van der Waals surface area (Å²) >= 11 is 0. The van der Waals surface area contributed by atoms with Crippen molar-refractivity contribution in [3.05, 3.63) is 200 Å². The summed E-state index contributed by atoms with van der Waals surface area (Å²) < 4.78 is 11.4. The van der Waals surface area contributed by atoms with E-state index in [0.29, 0.717) is 17.5 Å². The molecule has 0 bridgehead atoms. The van der Waals surface area contributed by atoms with E-state index in [1.807, 2.05) is 30.3 Å². The topological polar surface area (TPSA) is 61.7 Å². The number of benzene rings is 9. The summed E-state index contributed by atoms with van der Waals surface area (Å²) in [6.45, 7) is 0. The number of nitrogens with zero attached hydrogens (tertiary/aromatic N) is 5. The van der Waals surface area contributed by atoms with Gasteiger partial charge in [0.25, 0.3) is 0 Å². The number of hydrogen-bond acceptors (Lipinski definition) is 4. The first-order valence-corrected chi connectivity index (χ1v) is 20.5. The van der Waals surface area contributed by atoms with E-state index in [9.17, 15) is 0 Å². The van der Waals surface area contributed by atoms with Gasteiger partial charge in [0.15, 0.2) is 17.5 Å². The van der Waals surface area contributed by atoms with Crippen molar-refractivity contribution in [1.82, 2.24) is 24.1 Å². The number of fused-ring (bicyclic) bond motifs is 10. The summed E-state index contributed by atoms with van der Waals surface area (Å²) in [6, 6.07) is 70.1. The minimum Gasteiger partial charge on any atom is -0.456 e. The van der Waals surface area contributed by atoms with Crippen molar-refractivity contribution in [2.45, 2.75) is 0 Å². The van der Waals surface area contributed by atoms with Crippen LogP contribution in [0, 0.1) is 0 Å². The molecule has 0 saturated heterocycles. The minimum atomic E-state index is 0.571. The summed E-state index contributed by atoms with van der Waals surface area (Å²) in [6.07, 6.45) is 0. The third-order valence-electron chi connectivity index (χ3n) is 12.1. The van der Waals surface area contributed by atoms with Crippen LogP contribution in [0.2, 0.25) is 0 Å². The SMILES string of the molecule is c1ccc(-c2nc(-c3ccc4oc5ccccc5c4c3-n3c4ccccc4c4cc5ccccc5cc43)nc(-c3cccc4c3c3ccccc3n4-c3ccccc3)n2)cc1. The number of para-hydroxylation sites is 4. The Labute approximate surface area is 349 Å². The van der Waals surface area contributed by atoms with Gasteiger partial charge in [0.2, 0.25) is 0 Å². The highest BCUT2D eigenvalue weighted by Gasteiger charge is 2.25. The quantitative estimate of drug-likeness (QED) is 0.175. The Hall–Kier alpha value is -8.35. The van der Waals surface area contributed by atoms with Crippen LogP contribution in [0.4, 0.5) is 0 Å². The summed E-state index contributed by atoms with van der Waals surface area (Å²) in [7, 11) is 0. The first-order valence-electron chi connectivity index (χ1n) is 20.5. The number of hydrogen-bond donors (Lipinski definition) is 0. The predicted octanol–water partition coefficient (Wildman–Crippen LogP) is 14.1. The normalized spacial score (nSPS) is 11.9. The number of furan rings is 1. The summed E-state index contributed by atoms with van der Waals surface area (Å²) in [4.78, 5) is 16.2. The molecule has 9 aromatic carbocycles. The number of aromatic nitrogens is 5. The fraction of sp³-hybridized carbons (Fsp3) is 0. The van der Waals surface area contributed by atoms with E-state index < -0.39 is 0 Å². The maximum Gasteiger partial charge on any atom is 0.166 e. The summed E-state index contributed by atoms with van der Waals surface area (Å²) in [5, 5.41) is 8.95. The van der Waals surface area contributed by atoms with Crippen molar-refractivity contribution in [3.63, 3.8) is 0 Å². The minimum absolute atomic E-state index is 0.571. The van der Waals surface area contributed by atoms with Crippen LogP contribution < -0.4 is 0 Å². The van der Waals surface area contributed by atoms with Gasteiger partial charge in [-0.1, -0.05) is 140 Å². The van der Waals surface area contributed by atoms with Crippen molar-refractivity contribution in [3.8, 4) is 45.5 Å². The molecule has 6 heteroatoms. The molecule has 0 amide bonds. The molecule has 0 unspecified atom stereocenters. The highest BCUT2D eigenvalue weighted by Crippen LogP contribution is 2.45. The zero-order valence-electron chi connectivity index (χ0n) is 32.7. The average molecular weight is 780 g/mol. The van der Waals surface area contributed by atoms with Crippen LogP contribution in [0.25, 0.3) is 122 Å². The van der Waals surface area contributed by atoms with Crippen molar-refractivity contribution in [2.75, 3.05) is 0 Å². The van der Waals surface area contributed by atoms with E-state index in [-0.39, 0.29) is 0 Å². The van der Waals surface area contributed by atoms with Crippen molar-refractivity contribution in [1.29, 1.82) is 0 Å². The fourth-order valence-corrected chi connectivity index (χ4v) is 9.50. The molecule has 0 N–H and O–H groups in total. The third kappa shape index (κ3) is 5.06. The lowest BCUT2D eigenvalue weighted by Gasteiger charge is -2.16. The third-order valence-corrected chi connectivity index (χ3v) is 12.1. The van der Waals surface area contributed by atoms with Gasteiger partial charge in [0.05, 0.1) is 33.1 Å². The lowest BCUT2D eigenvalue weighted by molar-refractivity contribution is 0.669. The van der Waals surface area contributed by atoms with Crippen LogP contribution in [0.1, 0.15) is 0 Å². The Morgan fingerprint density at radius 2 is 0.951 bits per heavy atom. The van der Waals surface area contributed by atoms with Gasteiger partial charge >= 0.3 is 0 Å². The van der Waals surface area contributed by atoms with Crippen LogP contribution >= 0.6 is 0 Å². The van der Waals surface area contributed by atoms with Gasteiger partial charge in [-0.2, -0.15) is 0 Å². The van der Waals surface area contributed by atoms with Gasteiger partial charge < -0.3 is 13.6 Å². The Morgan fingerprint density at radius 1 is 0.344 bits per heavy atom. The van der Waals surface area contributed by atoms with Crippen LogP contribution in [-0.4, -0.2) is 24.1 Å². The fourth-order valence-electron chi connectivity index (χ4n) is 9.50. The molecule has 0 aliphatic carbocycles. The molecule has 61 heavy (non-hydrogen) atoms. The zero-order chi connectivity index (χ0) is 40.0. The van der Waals surface area contributed by atoms with Crippen LogP contribution in [-0.2, 0) is 0 Å². The van der Waals surface area contributed by atoms with Gasteiger partial charge in [-0.15, -0.1) is 0 Å². The maximum atomic E-state index is 6.62. The number of rotatable bonds is 5. The second kappa shape index (κ2) is 13.1. The smallest absolute Gasteiger partial charge is 0.166 e. The van der Waals surface area contributed by atoms with E-state index >= 15 is 0 Å². The van der Waals surface area contributed by atoms with E-state index in [1.54, 1.807) is 0 Å². The van der Waals surface area contributed by atoms with Crippen LogP contribution in [0.3, 0.4) is 0 Å². The second-order valence-electron chi connectivity index (χ2n) is 15.6. The molecule has 4 aromatic heterocycles. The largest absolute Gasteiger partial charge is 0.456 e. The Morgan fingerprint density at radius 3 is 1.75 bits per heavy atom. The molecule has 0 spiro atoms. The highest BCUT2D eigenvalue weighted by atomic mass is 16.3. The van der Waals surface area contributed by atoms with Gasteiger partial charge in [-0.25, -0.2) is 15.0 Å². The van der Waals surface area contributed by atoms with E-state index in [4.69, 9.17) is 19.4 Å². The Balaban J connectivity index is 1.17. The standard InChI is InChI=1S/C55H33N5O/c1-3-16-34(17-4-1)53-56-54(41-25-15-28-46-50(41)39-23-10-13-27-45(39)59(46)37-20-5-2-6-21-37)58-55(57-53)42-30-31-49-51(40-24-11-14-29-48(40)61-49)52(42)60-44-26-12-9-22-38(44)43-32-35-18-7-8-19-36(35)33-47(43)60/h1-33H. The molecule has 0 radical (unpaired) electrons. The van der Waals surface area contributed by atoms with Crippen LogP contribution in [0.15, 0.2) is 205 Å². The molecule has 13 aromatic rings. The predicted molar refractivity (Wildman–Crippen MR) is 250 cm³/mol. The zero-order valence-corrected chi connectivity index (χ0v) is 32.7. The van der Waals surface area contributed by atoms with Gasteiger partial charge in [-0.3, -0.25) is 0 Å². The first-order chi connectivity index (χ1) is 30.3. The molecule has 0 saturated carbocycles. The van der Waals surface area contributed by atoms with Gasteiger partial charge in [0.1, 0.15) is 11.2 Å². The second-order valence-corrected chi connectivity index (χ2v) is 15.6. The highest BCUT2D eigenvalue weighted by molar-refractivity contribution is 6.19. The van der Waals surface area contributed by atoms with Gasteiger partial charge in [0, 0.05) is 49.3 Å². The Kier molecular flexibility index (Phi) is 7.21. The average Bonchev–Trinajstić information content (AvgIpc) is 3.98. The maximum absolute atomic E-state index is 6.62. The van der Waals surface area contributed by atoms with Crippen LogP contribution in [0.5, 0.6) is 0 Å². The summed E-state index contributed by atoms with van der Waals surface area (Å²) in [5.41, 5.74) is 10.8. The van der Waals surface area contributed by atoms with Gasteiger partial charge in [-0.05, 0) is 71.4 Å². The van der Waals surface area contributed by atoms with E-state index in [1.165, 1.54) is 21.5 Å². The summed E-state index contributed by atoms with van der Waals surface area (Å²) in [5.74, 6) is 1.77.